The van der Waals surface area contributed by atoms with Gasteiger partial charge in [-0.25, -0.2) is 0 Å². The average Bonchev–Trinajstić information content (AvgIpc) is 2.40. The van der Waals surface area contributed by atoms with Crippen LogP contribution in [0.3, 0.4) is 0 Å². The molecule has 0 amide bonds. The monoisotopic (exact) mass is 249 g/mol. The Kier molecular flexibility index (Phi) is 14.1. The van der Waals surface area contributed by atoms with Gasteiger partial charge in [0.25, 0.3) is 0 Å². The Morgan fingerprint density at radius 2 is 1.56 bits per heavy atom. The molecule has 0 spiro atoms. The topological polar surface area (TPSA) is 20.3 Å². The van der Waals surface area contributed by atoms with Crippen LogP contribution in [0.1, 0.15) is 44.5 Å². The maximum absolute atomic E-state index is 11.4. The molecule has 0 heterocycles. The van der Waals surface area contributed by atoms with E-state index in [4.69, 9.17) is 0 Å². The highest BCUT2D eigenvalue weighted by molar-refractivity contribution is 6.04. The Balaban J connectivity index is 0. The van der Waals surface area contributed by atoms with Crippen LogP contribution in [0.2, 0.25) is 0 Å². The van der Waals surface area contributed by atoms with E-state index in [1.165, 1.54) is 6.42 Å². The zero-order valence-electron chi connectivity index (χ0n) is 12.6. The van der Waals surface area contributed by atoms with E-state index in [1.807, 2.05) is 63.2 Å². The second-order valence-electron chi connectivity index (χ2n) is 3.72. The van der Waals surface area contributed by atoms with Crippen molar-refractivity contribution in [2.24, 2.45) is 0 Å². The number of benzene rings is 1. The summed E-state index contributed by atoms with van der Waals surface area (Å²) >= 11 is 0. The molecule has 0 aromatic heterocycles. The Morgan fingerprint density at radius 1 is 1.11 bits per heavy atom. The van der Waals surface area contributed by atoms with Crippen molar-refractivity contribution in [1.82, 2.24) is 4.90 Å². The summed E-state index contributed by atoms with van der Waals surface area (Å²) in [6, 6.07) is 9.23. The SMILES string of the molecule is CC.CCC.CN(C)/C=C/C(=O)c1ccccc1. The molecule has 2 nitrogen and oxygen atoms in total. The highest BCUT2D eigenvalue weighted by Crippen LogP contribution is 2.00. The third-order valence-corrected chi connectivity index (χ3v) is 1.58. The minimum atomic E-state index is 0.0364. The van der Waals surface area contributed by atoms with Gasteiger partial charge in [0.15, 0.2) is 5.78 Å². The van der Waals surface area contributed by atoms with Crippen LogP contribution >= 0.6 is 0 Å². The van der Waals surface area contributed by atoms with Crippen molar-refractivity contribution in [3.8, 4) is 0 Å². The predicted octanol–water partition coefficient (Wildman–Crippen LogP) is 4.39. The van der Waals surface area contributed by atoms with Gasteiger partial charge in [-0.1, -0.05) is 64.4 Å². The van der Waals surface area contributed by atoms with Gasteiger partial charge in [0, 0.05) is 31.9 Å². The summed E-state index contributed by atoms with van der Waals surface area (Å²) in [6.45, 7) is 8.25. The number of carbonyl (C=O) groups excluding carboxylic acids is 1. The molecule has 0 unspecified atom stereocenters. The highest BCUT2D eigenvalue weighted by atomic mass is 16.1. The number of nitrogens with zero attached hydrogens (tertiary/aromatic N) is 1. The van der Waals surface area contributed by atoms with E-state index < -0.39 is 0 Å². The molecule has 18 heavy (non-hydrogen) atoms. The molecule has 0 saturated carbocycles. The molecule has 0 aliphatic carbocycles. The van der Waals surface area contributed by atoms with E-state index in [0.717, 1.165) is 5.56 Å². The number of hydrogen-bond acceptors (Lipinski definition) is 2. The van der Waals surface area contributed by atoms with Crippen molar-refractivity contribution in [2.75, 3.05) is 14.1 Å². The smallest absolute Gasteiger partial charge is 0.187 e. The Bertz CT molecular complexity index is 315. The van der Waals surface area contributed by atoms with E-state index >= 15 is 0 Å². The van der Waals surface area contributed by atoms with Crippen LogP contribution in [0.5, 0.6) is 0 Å². The number of allylic oxidation sites excluding steroid dienone is 1. The fourth-order valence-corrected chi connectivity index (χ4v) is 0.915. The van der Waals surface area contributed by atoms with E-state index in [2.05, 4.69) is 13.8 Å². The number of carbonyl (C=O) groups is 1. The molecule has 0 radical (unpaired) electrons. The minimum absolute atomic E-state index is 0.0364. The van der Waals surface area contributed by atoms with Gasteiger partial charge in [-0.15, -0.1) is 0 Å². The zero-order chi connectivity index (χ0) is 14.4. The maximum Gasteiger partial charge on any atom is 0.187 e. The first-order chi connectivity index (χ1) is 8.61. The fourth-order valence-electron chi connectivity index (χ4n) is 0.915. The van der Waals surface area contributed by atoms with E-state index in [0.29, 0.717) is 0 Å². The molecule has 1 rings (SSSR count). The largest absolute Gasteiger partial charge is 0.383 e. The van der Waals surface area contributed by atoms with Crippen LogP contribution in [0.25, 0.3) is 0 Å². The molecule has 0 aliphatic rings. The first-order valence-electron chi connectivity index (χ1n) is 6.55. The van der Waals surface area contributed by atoms with Gasteiger partial charge >= 0.3 is 0 Å². The molecule has 0 aliphatic heterocycles. The van der Waals surface area contributed by atoms with Crippen LogP contribution in [-0.2, 0) is 0 Å². The van der Waals surface area contributed by atoms with Gasteiger partial charge < -0.3 is 4.90 Å². The average molecular weight is 249 g/mol. The Morgan fingerprint density at radius 3 is 1.94 bits per heavy atom. The lowest BCUT2D eigenvalue weighted by Gasteiger charge is -2.02. The van der Waals surface area contributed by atoms with Crippen LogP contribution in [0.4, 0.5) is 0 Å². The normalized spacial score (nSPS) is 8.78. The van der Waals surface area contributed by atoms with Gasteiger partial charge in [-0.3, -0.25) is 4.79 Å². The number of ketones is 1. The second kappa shape index (κ2) is 13.5. The zero-order valence-corrected chi connectivity index (χ0v) is 12.6. The molecule has 1 aromatic rings. The number of hydrogen-bond donors (Lipinski definition) is 0. The van der Waals surface area contributed by atoms with E-state index in [9.17, 15) is 4.79 Å². The molecular weight excluding hydrogens is 222 g/mol. The van der Waals surface area contributed by atoms with E-state index in [1.54, 1.807) is 12.3 Å². The first-order valence-corrected chi connectivity index (χ1v) is 6.55. The van der Waals surface area contributed by atoms with Crippen molar-refractivity contribution >= 4 is 5.78 Å². The molecule has 1 aromatic carbocycles. The van der Waals surface area contributed by atoms with Gasteiger partial charge in [0.2, 0.25) is 0 Å². The molecule has 0 N–H and O–H groups in total. The summed E-state index contributed by atoms with van der Waals surface area (Å²) in [6.07, 6.45) is 4.56. The highest BCUT2D eigenvalue weighted by Gasteiger charge is 1.98. The third kappa shape index (κ3) is 10.9. The lowest BCUT2D eigenvalue weighted by Crippen LogP contribution is -2.02. The lowest BCUT2D eigenvalue weighted by atomic mass is 10.1. The quantitative estimate of drug-likeness (QED) is 0.585. The van der Waals surface area contributed by atoms with E-state index in [-0.39, 0.29) is 5.78 Å². The first kappa shape index (κ1) is 18.8. The Labute approximate surface area is 112 Å². The standard InChI is InChI=1S/C11H13NO.C3H8.C2H6/c1-12(2)9-8-11(13)10-6-4-3-5-7-10;1-3-2;1-2/h3-9H,1-2H3;3H2,1-2H3;1-2H3/b9-8+;;. The molecular formula is C16H27NO. The van der Waals surface area contributed by atoms with Crippen molar-refractivity contribution in [3.63, 3.8) is 0 Å². The molecule has 2 heteroatoms. The molecule has 0 bridgehead atoms. The van der Waals surface area contributed by atoms with Crippen molar-refractivity contribution < 1.29 is 4.79 Å². The molecule has 0 fully saturated rings. The fraction of sp³-hybridized carbons (Fsp3) is 0.438. The number of rotatable bonds is 3. The third-order valence-electron chi connectivity index (χ3n) is 1.58. The van der Waals surface area contributed by atoms with Crippen LogP contribution < -0.4 is 0 Å². The Hall–Kier alpha value is -1.57. The minimum Gasteiger partial charge on any atom is -0.383 e. The summed E-state index contributed by atoms with van der Waals surface area (Å²) in [4.78, 5) is 13.3. The van der Waals surface area contributed by atoms with Crippen molar-refractivity contribution in [3.05, 3.63) is 48.2 Å². The summed E-state index contributed by atoms with van der Waals surface area (Å²) in [5.41, 5.74) is 0.723. The summed E-state index contributed by atoms with van der Waals surface area (Å²) in [7, 11) is 3.77. The summed E-state index contributed by atoms with van der Waals surface area (Å²) in [5, 5.41) is 0. The molecule has 0 atom stereocenters. The lowest BCUT2D eigenvalue weighted by molar-refractivity contribution is 0.104. The summed E-state index contributed by atoms with van der Waals surface area (Å²) < 4.78 is 0. The van der Waals surface area contributed by atoms with Crippen LogP contribution in [0, 0.1) is 0 Å². The molecule has 102 valence electrons. The maximum atomic E-state index is 11.4. The van der Waals surface area contributed by atoms with Gasteiger partial charge in [-0.05, 0) is 0 Å². The van der Waals surface area contributed by atoms with Crippen molar-refractivity contribution in [2.45, 2.75) is 34.1 Å². The van der Waals surface area contributed by atoms with Gasteiger partial charge in [0.1, 0.15) is 0 Å². The molecule has 0 saturated heterocycles. The van der Waals surface area contributed by atoms with Gasteiger partial charge in [0.05, 0.1) is 0 Å². The van der Waals surface area contributed by atoms with Gasteiger partial charge in [-0.2, -0.15) is 0 Å². The van der Waals surface area contributed by atoms with Crippen molar-refractivity contribution in [1.29, 1.82) is 0 Å². The summed E-state index contributed by atoms with van der Waals surface area (Å²) in [5.74, 6) is 0.0364. The van der Waals surface area contributed by atoms with Crippen LogP contribution in [0.15, 0.2) is 42.6 Å². The second-order valence-corrected chi connectivity index (χ2v) is 3.72. The predicted molar refractivity (Wildman–Crippen MR) is 80.9 cm³/mol. The van der Waals surface area contributed by atoms with Crippen LogP contribution in [-0.4, -0.2) is 24.8 Å².